The molecule has 1 amide bonds. The number of ether oxygens (including phenoxy) is 1. The predicted molar refractivity (Wildman–Crippen MR) is 93.3 cm³/mol. The Morgan fingerprint density at radius 1 is 1.28 bits per heavy atom. The molecule has 0 unspecified atom stereocenters. The van der Waals surface area contributed by atoms with Crippen molar-refractivity contribution in [1.82, 2.24) is 9.47 Å². The van der Waals surface area contributed by atoms with Gasteiger partial charge in [0.15, 0.2) is 0 Å². The molecule has 3 rings (SSSR count). The van der Waals surface area contributed by atoms with Gasteiger partial charge in [0.25, 0.3) is 11.5 Å². The number of fused-ring (bicyclic) bond motifs is 1. The molecule has 1 saturated heterocycles. The highest BCUT2D eigenvalue weighted by Gasteiger charge is 2.31. The average molecular weight is 347 g/mol. The van der Waals surface area contributed by atoms with Crippen LogP contribution in [0, 0.1) is 5.92 Å². The van der Waals surface area contributed by atoms with E-state index in [0.29, 0.717) is 38.2 Å². The fourth-order valence-corrected chi connectivity index (χ4v) is 3.76. The molecule has 0 bridgehead atoms. The molecule has 1 atom stereocenters. The number of esters is 1. The molecular formula is C18H25N3O4. The number of anilines is 1. The Kier molecular flexibility index (Phi) is 5.11. The van der Waals surface area contributed by atoms with E-state index in [9.17, 15) is 14.4 Å². The van der Waals surface area contributed by atoms with Crippen LogP contribution in [0.4, 0.5) is 5.69 Å². The summed E-state index contributed by atoms with van der Waals surface area (Å²) < 4.78 is 6.74. The summed E-state index contributed by atoms with van der Waals surface area (Å²) >= 11 is 0. The summed E-state index contributed by atoms with van der Waals surface area (Å²) in [5.74, 6) is -0.672. The van der Waals surface area contributed by atoms with Crippen molar-refractivity contribution in [2.45, 2.75) is 45.6 Å². The highest BCUT2D eigenvalue weighted by molar-refractivity contribution is 5.96. The number of carbonyl (C=O) groups excluding carboxylic acids is 2. The predicted octanol–water partition coefficient (Wildman–Crippen LogP) is 1.18. The zero-order valence-corrected chi connectivity index (χ0v) is 14.6. The molecule has 0 aromatic carbocycles. The fraction of sp³-hybridized carbons (Fsp3) is 0.611. The Morgan fingerprint density at radius 3 is 2.84 bits per heavy atom. The third kappa shape index (κ3) is 3.41. The van der Waals surface area contributed by atoms with Crippen molar-refractivity contribution in [3.63, 3.8) is 0 Å². The first-order valence-corrected chi connectivity index (χ1v) is 9.01. The maximum atomic E-state index is 13.1. The van der Waals surface area contributed by atoms with Crippen LogP contribution in [0.25, 0.3) is 0 Å². The van der Waals surface area contributed by atoms with Crippen LogP contribution >= 0.6 is 0 Å². The average Bonchev–Trinajstić information content (AvgIpc) is 2.64. The van der Waals surface area contributed by atoms with Crippen LogP contribution in [0.1, 0.15) is 48.7 Å². The van der Waals surface area contributed by atoms with Crippen molar-refractivity contribution < 1.29 is 14.3 Å². The number of nitrogen functional groups attached to an aromatic ring is 1. The number of nitrogens with two attached hydrogens (primary N) is 1. The first kappa shape index (κ1) is 17.5. The lowest BCUT2D eigenvalue weighted by molar-refractivity contribution is -0.149. The molecule has 136 valence electrons. The molecule has 0 radical (unpaired) electrons. The maximum absolute atomic E-state index is 13.1. The number of nitrogens with zero attached hydrogens (tertiary/aromatic N) is 2. The van der Waals surface area contributed by atoms with Gasteiger partial charge in [0, 0.05) is 25.3 Å². The highest BCUT2D eigenvalue weighted by atomic mass is 16.5. The quantitative estimate of drug-likeness (QED) is 0.829. The van der Waals surface area contributed by atoms with E-state index in [2.05, 4.69) is 0 Å². The van der Waals surface area contributed by atoms with Gasteiger partial charge in [0.1, 0.15) is 0 Å². The van der Waals surface area contributed by atoms with E-state index in [1.54, 1.807) is 16.4 Å². The van der Waals surface area contributed by atoms with Crippen LogP contribution in [0.2, 0.25) is 0 Å². The van der Waals surface area contributed by atoms with Crippen molar-refractivity contribution in [1.29, 1.82) is 0 Å². The van der Waals surface area contributed by atoms with E-state index < -0.39 is 0 Å². The minimum Gasteiger partial charge on any atom is -0.466 e. The molecule has 1 aromatic heterocycles. The standard InChI is InChI=1S/C18H25N3O4/c1-2-25-18(24)12-6-5-8-20(11-12)16(22)13-10-14(19)17(23)21-9-4-3-7-15(13)21/h10,12H,2-9,11,19H2,1H3/t12-/m1/s1. The molecule has 1 aromatic rings. The molecule has 3 heterocycles. The summed E-state index contributed by atoms with van der Waals surface area (Å²) in [5, 5.41) is 0. The number of likely N-dealkylation sites (tertiary alicyclic amines) is 1. The molecule has 25 heavy (non-hydrogen) atoms. The lowest BCUT2D eigenvalue weighted by Crippen LogP contribution is -2.44. The smallest absolute Gasteiger partial charge is 0.310 e. The number of hydrogen-bond acceptors (Lipinski definition) is 5. The lowest BCUT2D eigenvalue weighted by atomic mass is 9.96. The van der Waals surface area contributed by atoms with Crippen LogP contribution in [-0.4, -0.2) is 41.0 Å². The number of amides is 1. The van der Waals surface area contributed by atoms with Crippen molar-refractivity contribution in [3.05, 3.63) is 27.7 Å². The van der Waals surface area contributed by atoms with E-state index in [1.807, 2.05) is 0 Å². The van der Waals surface area contributed by atoms with Gasteiger partial charge < -0.3 is 19.9 Å². The van der Waals surface area contributed by atoms with E-state index >= 15 is 0 Å². The number of carbonyl (C=O) groups is 2. The van der Waals surface area contributed by atoms with Gasteiger partial charge in [-0.25, -0.2) is 0 Å². The van der Waals surface area contributed by atoms with Gasteiger partial charge in [-0.2, -0.15) is 0 Å². The van der Waals surface area contributed by atoms with Crippen molar-refractivity contribution in [2.24, 2.45) is 5.92 Å². The van der Waals surface area contributed by atoms with Gasteiger partial charge in [-0.15, -0.1) is 0 Å². The second-order valence-electron chi connectivity index (χ2n) is 6.72. The second kappa shape index (κ2) is 7.29. The van der Waals surface area contributed by atoms with E-state index in [1.165, 1.54) is 6.07 Å². The van der Waals surface area contributed by atoms with E-state index in [4.69, 9.17) is 10.5 Å². The summed E-state index contributed by atoms with van der Waals surface area (Å²) in [6, 6.07) is 1.51. The molecule has 7 heteroatoms. The number of pyridine rings is 1. The van der Waals surface area contributed by atoms with Crippen LogP contribution in [-0.2, 0) is 22.5 Å². The van der Waals surface area contributed by atoms with Crippen molar-refractivity contribution in [3.8, 4) is 0 Å². The van der Waals surface area contributed by atoms with E-state index in [0.717, 1.165) is 31.4 Å². The lowest BCUT2D eigenvalue weighted by Gasteiger charge is -2.32. The third-order valence-electron chi connectivity index (χ3n) is 5.03. The van der Waals surface area contributed by atoms with Crippen molar-refractivity contribution in [2.75, 3.05) is 25.4 Å². The zero-order valence-electron chi connectivity index (χ0n) is 14.6. The van der Waals surface area contributed by atoms with Gasteiger partial charge in [-0.3, -0.25) is 14.4 Å². The Labute approximate surface area is 146 Å². The Morgan fingerprint density at radius 2 is 2.08 bits per heavy atom. The monoisotopic (exact) mass is 347 g/mol. The van der Waals surface area contributed by atoms with Crippen LogP contribution in [0.15, 0.2) is 10.9 Å². The Bertz CT molecular complexity index is 741. The summed E-state index contributed by atoms with van der Waals surface area (Å²) in [7, 11) is 0. The van der Waals surface area contributed by atoms with Crippen molar-refractivity contribution >= 4 is 17.6 Å². The minimum atomic E-state index is -0.280. The van der Waals surface area contributed by atoms with Crippen LogP contribution in [0.3, 0.4) is 0 Å². The number of aromatic nitrogens is 1. The zero-order chi connectivity index (χ0) is 18.0. The molecule has 0 aliphatic carbocycles. The normalized spacial score (nSPS) is 20.0. The molecule has 0 spiro atoms. The number of piperidine rings is 1. The largest absolute Gasteiger partial charge is 0.466 e. The number of hydrogen-bond donors (Lipinski definition) is 1. The maximum Gasteiger partial charge on any atom is 0.310 e. The van der Waals surface area contributed by atoms with Gasteiger partial charge in [0.05, 0.1) is 23.8 Å². The highest BCUT2D eigenvalue weighted by Crippen LogP contribution is 2.24. The van der Waals surface area contributed by atoms with Gasteiger partial charge in [-0.1, -0.05) is 0 Å². The molecule has 1 fully saturated rings. The SMILES string of the molecule is CCOC(=O)[C@@H]1CCCN(C(=O)c2cc(N)c(=O)n3c2CCCC3)C1. The number of rotatable bonds is 3. The second-order valence-corrected chi connectivity index (χ2v) is 6.72. The minimum absolute atomic E-state index is 0.105. The first-order valence-electron chi connectivity index (χ1n) is 9.01. The fourth-order valence-electron chi connectivity index (χ4n) is 3.76. The first-order chi connectivity index (χ1) is 12.0. The molecular weight excluding hydrogens is 322 g/mol. The van der Waals surface area contributed by atoms with E-state index in [-0.39, 0.29) is 29.0 Å². The Balaban J connectivity index is 1.87. The summed E-state index contributed by atoms with van der Waals surface area (Å²) in [5.41, 5.74) is 7.01. The van der Waals surface area contributed by atoms with Gasteiger partial charge in [0.2, 0.25) is 0 Å². The van der Waals surface area contributed by atoms with Gasteiger partial charge in [-0.05, 0) is 45.1 Å². The summed E-state index contributed by atoms with van der Waals surface area (Å²) in [6.45, 7) is 3.68. The van der Waals surface area contributed by atoms with Crippen LogP contribution < -0.4 is 11.3 Å². The van der Waals surface area contributed by atoms with Gasteiger partial charge >= 0.3 is 5.97 Å². The topological polar surface area (TPSA) is 94.6 Å². The molecule has 2 aliphatic heterocycles. The Hall–Kier alpha value is -2.31. The third-order valence-corrected chi connectivity index (χ3v) is 5.03. The molecule has 0 saturated carbocycles. The molecule has 2 aliphatic rings. The molecule has 2 N–H and O–H groups in total. The van der Waals surface area contributed by atoms with Crippen LogP contribution in [0.5, 0.6) is 0 Å². The summed E-state index contributed by atoms with van der Waals surface area (Å²) in [4.78, 5) is 39.0. The molecule has 7 nitrogen and oxygen atoms in total. The summed E-state index contributed by atoms with van der Waals surface area (Å²) in [6.07, 6.45) is 4.07.